The van der Waals surface area contributed by atoms with Crippen LogP contribution in [0.15, 0.2) is 0 Å². The largest absolute Gasteiger partial charge is 0.481 e. The second-order valence-corrected chi connectivity index (χ2v) is 32.5. The second-order valence-electron chi connectivity index (χ2n) is 29.7. The first-order valence-electron chi connectivity index (χ1n) is 38.4. The number of hydrogen-bond acceptors (Lipinski definition) is 29. The summed E-state index contributed by atoms with van der Waals surface area (Å²) in [6.07, 6.45) is -7.77. The predicted molar refractivity (Wildman–Crippen MR) is 445 cm³/mol. The van der Waals surface area contributed by atoms with Crippen molar-refractivity contribution >= 4 is 185 Å². The van der Waals surface area contributed by atoms with Crippen molar-refractivity contribution in [3.05, 3.63) is 0 Å². The van der Waals surface area contributed by atoms with E-state index in [1.54, 1.807) is 27.7 Å². The molecule has 52 heteroatoms. The maximum Gasteiger partial charge on any atom is 0.326 e. The van der Waals surface area contributed by atoms with Crippen molar-refractivity contribution in [2.45, 2.75) is 238 Å². The number of carbonyl (C=O) groups is 23. The smallest absolute Gasteiger partial charge is 0.326 e. The van der Waals surface area contributed by atoms with Gasteiger partial charge in [0.1, 0.15) is 84.6 Å². The summed E-state index contributed by atoms with van der Waals surface area (Å²) < 4.78 is 0. The lowest BCUT2D eigenvalue weighted by atomic mass is 10.00. The molecular formula is C71H118N20O28S4. The van der Waals surface area contributed by atoms with Crippen molar-refractivity contribution in [2.24, 2.45) is 40.9 Å². The van der Waals surface area contributed by atoms with E-state index >= 15 is 0 Å². The minimum absolute atomic E-state index is 0.00101. The standard InChI is InChI=1S/C71H118N20O28S4/c1-29(2)17-40(83-59(106)38(13-15-51(98)99)81-64(111)44(23-120)87-60(107)39(14-16-52(100)101)80-62(109)42(21-53(102)103)82-58(105)37(72)19-48(73)95)61(108)88-47(26-123-28-77-36(12)94)67(114)90-55(32(7)8)70(117)84-41(20-49(74)96)63(110)89-54(31(5)6)69(116)78-33(9)57(104)86-45(24-121)65(112)91-56(34(10)92)68(115)75-22-50(97)79-46(25-122-27-76-35(11)93)66(113)85-43(71(118)119)18-30(3)4/h29-34,37-47,54-56,92,120-121H,13-28,72H2,1-12H3,(H2,73,95)(H2,74,96)(H,75,115)(H,76,93)(H,77,94)(H,78,116)(H,79,97)(H,80,109)(H,81,111)(H,82,105)(H,83,106)(H,84,117)(H,85,113)(H,86,104)(H,87,107)(H,88,108)(H,89,110)(H,90,114)(H,91,112)(H,98,99)(H,100,101)(H,102,103)(H,118,119)/t33-,34+,37-,38-,39-,40-,41-,42-,43-,44-,45-,46-,47-,54-,55-,56-/m0/s1. The Labute approximate surface area is 727 Å². The summed E-state index contributed by atoms with van der Waals surface area (Å²) in [5.74, 6) is -30.5. The third kappa shape index (κ3) is 45.7. The Hall–Kier alpha value is -10.9. The van der Waals surface area contributed by atoms with Crippen molar-refractivity contribution in [1.29, 1.82) is 0 Å². The van der Waals surface area contributed by atoms with Crippen molar-refractivity contribution in [3.8, 4) is 0 Å². The molecule has 0 rings (SSSR count). The fourth-order valence-corrected chi connectivity index (χ4v) is 12.9. The summed E-state index contributed by atoms with van der Waals surface area (Å²) in [4.78, 5) is 301. The molecule has 0 aliphatic heterocycles. The lowest BCUT2D eigenvalue weighted by Crippen LogP contribution is -2.62. The average Bonchev–Trinajstić information content (AvgIpc) is 0.853. The third-order valence-electron chi connectivity index (χ3n) is 17.1. The van der Waals surface area contributed by atoms with E-state index < -0.39 is 314 Å². The number of aliphatic carboxylic acids is 4. The first-order chi connectivity index (χ1) is 57.2. The molecule has 0 spiro atoms. The number of thiol groups is 2. The molecule has 0 aliphatic rings. The van der Waals surface area contributed by atoms with Gasteiger partial charge < -0.3 is 133 Å². The number of amides is 19. The molecule has 0 saturated heterocycles. The molecule has 28 N–H and O–H groups in total. The first kappa shape index (κ1) is 112. The molecule has 0 aromatic carbocycles. The number of thioether (sulfide) groups is 2. The molecule has 0 heterocycles. The van der Waals surface area contributed by atoms with Gasteiger partial charge in [0.2, 0.25) is 112 Å². The van der Waals surface area contributed by atoms with Crippen molar-refractivity contribution < 1.29 is 136 Å². The van der Waals surface area contributed by atoms with Crippen LogP contribution in [0.4, 0.5) is 0 Å². The van der Waals surface area contributed by atoms with Crippen molar-refractivity contribution in [3.63, 3.8) is 0 Å². The molecule has 0 aromatic rings. The Morgan fingerprint density at radius 1 is 0.341 bits per heavy atom. The number of hydrogen-bond donors (Lipinski definition) is 27. The maximum atomic E-state index is 14.5. The topological polar surface area (TPSA) is 776 Å². The molecule has 0 radical (unpaired) electrons. The Morgan fingerprint density at radius 2 is 0.675 bits per heavy atom. The van der Waals surface area contributed by atoms with Gasteiger partial charge in [-0.25, -0.2) is 4.79 Å². The Balaban J connectivity index is 6.85. The van der Waals surface area contributed by atoms with Gasteiger partial charge in [0.05, 0.1) is 49.7 Å². The van der Waals surface area contributed by atoms with Crippen molar-refractivity contribution in [1.82, 2.24) is 90.4 Å². The van der Waals surface area contributed by atoms with Crippen LogP contribution in [0.2, 0.25) is 0 Å². The molecule has 0 saturated carbocycles. The highest BCUT2D eigenvalue weighted by atomic mass is 32.2. The number of aliphatic hydroxyl groups is 1. The summed E-state index contributed by atoms with van der Waals surface area (Å²) in [5.41, 5.74) is 16.2. The molecule has 16 atom stereocenters. The molecule has 48 nitrogen and oxygen atoms in total. The predicted octanol–water partition coefficient (Wildman–Crippen LogP) is -9.43. The first-order valence-corrected chi connectivity index (χ1v) is 42.0. The molecule has 0 aliphatic carbocycles. The fourth-order valence-electron chi connectivity index (χ4n) is 10.6. The van der Waals surface area contributed by atoms with Gasteiger partial charge in [-0.15, -0.1) is 23.5 Å². The van der Waals surface area contributed by atoms with Gasteiger partial charge in [-0.05, 0) is 63.2 Å². The van der Waals surface area contributed by atoms with E-state index in [1.165, 1.54) is 48.5 Å². The summed E-state index contributed by atoms with van der Waals surface area (Å²) in [7, 11) is 0. The van der Waals surface area contributed by atoms with Crippen LogP contribution in [-0.4, -0.2) is 300 Å². The summed E-state index contributed by atoms with van der Waals surface area (Å²) >= 11 is 10.1. The lowest BCUT2D eigenvalue weighted by molar-refractivity contribution is -0.143. The van der Waals surface area contributed by atoms with Gasteiger partial charge in [-0.1, -0.05) is 55.4 Å². The van der Waals surface area contributed by atoms with Crippen LogP contribution in [0.5, 0.6) is 0 Å². The van der Waals surface area contributed by atoms with Crippen LogP contribution < -0.4 is 108 Å². The highest BCUT2D eigenvalue weighted by Gasteiger charge is 2.40. The van der Waals surface area contributed by atoms with Crippen LogP contribution in [0.1, 0.15) is 141 Å². The SMILES string of the molecule is CC(=O)NCSC[C@H](NC(=O)CNC(=O)[C@@H](NC(=O)[C@H](CS)NC(=O)[C@H](C)NC(=O)[C@@H](NC(=O)[C@H](CC(N)=O)NC(=O)[C@@H](NC(=O)[C@H](CSCNC(C)=O)NC(=O)[C@H](CC(C)C)NC(=O)[C@H](CCC(=O)O)NC(=O)[C@H](CS)NC(=O)[C@H](CCC(=O)O)NC(=O)[C@H](CC(=O)O)NC(=O)[C@@H](N)CC(N)=O)C(C)C)C(C)C)[C@@H](C)O)C(=O)N[C@@H](CC(C)C)C(=O)O. The monoisotopic (exact) mass is 1830 g/mol. The molecule has 0 fully saturated rings. The number of rotatable bonds is 60. The fraction of sp³-hybridized carbons (Fsp3) is 0.676. The summed E-state index contributed by atoms with van der Waals surface area (Å²) in [6, 6.07) is -25.4. The van der Waals surface area contributed by atoms with E-state index in [1.807, 2.05) is 5.32 Å². The minimum atomic E-state index is -2.00. The summed E-state index contributed by atoms with van der Waals surface area (Å²) in [6.45, 7) is 16.3. The van der Waals surface area contributed by atoms with Gasteiger partial charge >= 0.3 is 23.9 Å². The Morgan fingerprint density at radius 3 is 1.09 bits per heavy atom. The van der Waals surface area contributed by atoms with Crippen molar-refractivity contribution in [2.75, 3.05) is 41.3 Å². The zero-order chi connectivity index (χ0) is 94.6. The summed E-state index contributed by atoms with van der Waals surface area (Å²) in [5, 5.41) is 88.5. The van der Waals surface area contributed by atoms with Crippen LogP contribution in [0.25, 0.3) is 0 Å². The zero-order valence-electron chi connectivity index (χ0n) is 69.9. The second kappa shape index (κ2) is 57.5. The van der Waals surface area contributed by atoms with Gasteiger partial charge in [-0.3, -0.25) is 105 Å². The van der Waals surface area contributed by atoms with Crippen LogP contribution in [0, 0.1) is 23.7 Å². The number of carboxylic acid groups (broad SMARTS) is 4. The molecule has 0 bridgehead atoms. The Kier molecular flexibility index (Phi) is 52.4. The van der Waals surface area contributed by atoms with Gasteiger partial charge in [0.15, 0.2) is 0 Å². The van der Waals surface area contributed by atoms with E-state index in [-0.39, 0.29) is 42.0 Å². The Bertz CT molecular complexity index is 3750. The van der Waals surface area contributed by atoms with E-state index in [4.69, 9.17) is 17.2 Å². The molecule has 123 heavy (non-hydrogen) atoms. The van der Waals surface area contributed by atoms with E-state index in [0.717, 1.165) is 30.4 Å². The highest BCUT2D eigenvalue weighted by Crippen LogP contribution is 2.15. The number of aliphatic hydroxyl groups excluding tert-OH is 1. The van der Waals surface area contributed by atoms with Gasteiger partial charge in [0.25, 0.3) is 0 Å². The quantitative estimate of drug-likeness (QED) is 0.0153. The molecule has 19 amide bonds. The van der Waals surface area contributed by atoms with E-state index in [0.29, 0.717) is 0 Å². The number of nitrogens with one attached hydrogen (secondary N) is 17. The lowest BCUT2D eigenvalue weighted by Gasteiger charge is -2.29. The number of carboxylic acids is 4. The van der Waals surface area contributed by atoms with Gasteiger partial charge in [0, 0.05) is 49.7 Å². The van der Waals surface area contributed by atoms with Crippen LogP contribution in [-0.2, 0) is 110 Å². The number of primary amides is 2. The third-order valence-corrected chi connectivity index (χ3v) is 19.7. The molecule has 694 valence electrons. The average molecular weight is 1830 g/mol. The maximum absolute atomic E-state index is 14.5. The molecule has 0 unspecified atom stereocenters. The normalized spacial score (nSPS) is 15.0. The minimum Gasteiger partial charge on any atom is -0.481 e. The highest BCUT2D eigenvalue weighted by molar-refractivity contribution is 7.99. The van der Waals surface area contributed by atoms with Crippen LogP contribution in [0.3, 0.4) is 0 Å². The zero-order valence-corrected chi connectivity index (χ0v) is 73.4. The molecular weight excluding hydrogens is 1710 g/mol. The molecule has 0 aromatic heterocycles. The number of nitrogens with two attached hydrogens (primary N) is 3. The van der Waals surface area contributed by atoms with Crippen LogP contribution >= 0.6 is 48.8 Å². The number of carbonyl (C=O) groups excluding carboxylic acids is 19. The van der Waals surface area contributed by atoms with E-state index in [2.05, 4.69) is 110 Å². The van der Waals surface area contributed by atoms with Gasteiger partial charge in [-0.2, -0.15) is 25.3 Å². The van der Waals surface area contributed by atoms with E-state index in [9.17, 15) is 136 Å².